The van der Waals surface area contributed by atoms with Crippen LogP contribution in [0.2, 0.25) is 0 Å². The van der Waals surface area contributed by atoms with Crippen molar-refractivity contribution in [2.75, 3.05) is 31.1 Å². The van der Waals surface area contributed by atoms with Gasteiger partial charge in [-0.2, -0.15) is 0 Å². The first kappa shape index (κ1) is 13.3. The molecule has 1 aromatic rings. The molecule has 0 aromatic carbocycles. The summed E-state index contributed by atoms with van der Waals surface area (Å²) < 4.78 is 5.69. The van der Waals surface area contributed by atoms with Gasteiger partial charge in [0.2, 0.25) is 5.89 Å². The van der Waals surface area contributed by atoms with Crippen LogP contribution in [0.5, 0.6) is 0 Å². The van der Waals surface area contributed by atoms with E-state index in [0.717, 1.165) is 44.9 Å². The second-order valence-electron chi connectivity index (χ2n) is 4.84. The van der Waals surface area contributed by atoms with Crippen LogP contribution < -0.4 is 4.90 Å². The molecule has 1 fully saturated rings. The third-order valence-corrected chi connectivity index (χ3v) is 3.68. The van der Waals surface area contributed by atoms with Gasteiger partial charge in [-0.25, -0.2) is 0 Å². The highest BCUT2D eigenvalue weighted by Crippen LogP contribution is 2.22. The quantitative estimate of drug-likeness (QED) is 0.774. The van der Waals surface area contributed by atoms with Crippen LogP contribution in [0.15, 0.2) is 4.42 Å². The first-order chi connectivity index (χ1) is 8.78. The molecule has 18 heavy (non-hydrogen) atoms. The highest BCUT2D eigenvalue weighted by atomic mass is 16.4. The van der Waals surface area contributed by atoms with Crippen molar-refractivity contribution >= 4 is 6.01 Å². The average Bonchev–Trinajstić information content (AvgIpc) is 3.00. The highest BCUT2D eigenvalue weighted by molar-refractivity contribution is 5.27. The number of rotatable bonds is 6. The Morgan fingerprint density at radius 2 is 2.06 bits per heavy atom. The number of aryl methyl sites for hydroxylation is 1. The van der Waals surface area contributed by atoms with Crippen LogP contribution in [-0.2, 0) is 6.42 Å². The number of hydrogen-bond donors (Lipinski definition) is 0. The molecule has 1 aliphatic rings. The van der Waals surface area contributed by atoms with Crippen LogP contribution in [0.3, 0.4) is 0 Å². The maximum absolute atomic E-state index is 5.69. The molecule has 1 saturated heterocycles. The Balaban J connectivity index is 1.95. The van der Waals surface area contributed by atoms with Gasteiger partial charge in [-0.1, -0.05) is 25.9 Å². The largest absolute Gasteiger partial charge is 0.408 e. The van der Waals surface area contributed by atoms with Gasteiger partial charge in [0.25, 0.3) is 0 Å². The summed E-state index contributed by atoms with van der Waals surface area (Å²) in [5.74, 6) is 0.763. The van der Waals surface area contributed by atoms with Crippen LogP contribution in [0, 0.1) is 0 Å². The van der Waals surface area contributed by atoms with Gasteiger partial charge in [-0.05, 0) is 25.9 Å². The van der Waals surface area contributed by atoms with Crippen LogP contribution >= 0.6 is 0 Å². The monoisotopic (exact) mass is 252 g/mol. The summed E-state index contributed by atoms with van der Waals surface area (Å²) >= 11 is 0. The minimum absolute atomic E-state index is 0.626. The molecule has 0 bridgehead atoms. The minimum atomic E-state index is 0.626. The Hall–Kier alpha value is -1.10. The van der Waals surface area contributed by atoms with E-state index < -0.39 is 0 Å². The summed E-state index contributed by atoms with van der Waals surface area (Å²) in [7, 11) is 0. The normalized spacial score (nSPS) is 20.0. The SMILES string of the molecule is CCCc1nnc(N2CC[C@@H](N(CC)CC)C2)o1. The van der Waals surface area contributed by atoms with Gasteiger partial charge in [0.15, 0.2) is 0 Å². The standard InChI is InChI=1S/C13H24N4O/c1-4-7-12-14-15-13(18-12)17-9-8-11(10-17)16(5-2)6-3/h11H,4-10H2,1-3H3/t11-/m1/s1. The second-order valence-corrected chi connectivity index (χ2v) is 4.84. The zero-order valence-corrected chi connectivity index (χ0v) is 11.7. The topological polar surface area (TPSA) is 45.4 Å². The van der Waals surface area contributed by atoms with Gasteiger partial charge >= 0.3 is 6.01 Å². The Kier molecular flexibility index (Phi) is 4.58. The zero-order valence-electron chi connectivity index (χ0n) is 11.7. The summed E-state index contributed by atoms with van der Waals surface area (Å²) in [6.45, 7) is 10.8. The predicted molar refractivity (Wildman–Crippen MR) is 71.8 cm³/mol. The van der Waals surface area contributed by atoms with Crippen molar-refractivity contribution in [1.29, 1.82) is 0 Å². The van der Waals surface area contributed by atoms with Gasteiger partial charge in [-0.3, -0.25) is 4.90 Å². The minimum Gasteiger partial charge on any atom is -0.408 e. The Morgan fingerprint density at radius 3 is 2.72 bits per heavy atom. The number of anilines is 1. The van der Waals surface area contributed by atoms with Crippen molar-refractivity contribution in [2.45, 2.75) is 46.1 Å². The van der Waals surface area contributed by atoms with Crippen molar-refractivity contribution < 1.29 is 4.42 Å². The van der Waals surface area contributed by atoms with Gasteiger partial charge in [0, 0.05) is 25.6 Å². The van der Waals surface area contributed by atoms with E-state index in [9.17, 15) is 0 Å². The molecular formula is C13H24N4O. The molecule has 1 atom stereocenters. The Labute approximate surface area is 109 Å². The lowest BCUT2D eigenvalue weighted by Crippen LogP contribution is -2.37. The van der Waals surface area contributed by atoms with E-state index in [1.807, 2.05) is 0 Å². The van der Waals surface area contributed by atoms with Crippen LogP contribution in [0.4, 0.5) is 6.01 Å². The predicted octanol–water partition coefficient (Wildman–Crippen LogP) is 1.94. The van der Waals surface area contributed by atoms with E-state index in [-0.39, 0.29) is 0 Å². The van der Waals surface area contributed by atoms with Crippen molar-refractivity contribution in [3.63, 3.8) is 0 Å². The van der Waals surface area contributed by atoms with E-state index in [1.165, 1.54) is 6.42 Å². The maximum Gasteiger partial charge on any atom is 0.318 e. The first-order valence-corrected chi connectivity index (χ1v) is 7.09. The molecule has 0 saturated carbocycles. The van der Waals surface area contributed by atoms with Gasteiger partial charge < -0.3 is 9.32 Å². The molecule has 0 radical (unpaired) electrons. The average molecular weight is 252 g/mol. The molecular weight excluding hydrogens is 228 g/mol. The molecule has 1 aliphatic heterocycles. The number of aromatic nitrogens is 2. The first-order valence-electron chi connectivity index (χ1n) is 7.09. The Bertz CT molecular complexity index is 362. The molecule has 102 valence electrons. The van der Waals surface area contributed by atoms with Gasteiger partial charge in [0.05, 0.1) is 0 Å². The summed E-state index contributed by atoms with van der Waals surface area (Å²) in [6, 6.07) is 1.33. The summed E-state index contributed by atoms with van der Waals surface area (Å²) in [5, 5.41) is 8.24. The van der Waals surface area contributed by atoms with Crippen LogP contribution in [0.25, 0.3) is 0 Å². The second kappa shape index (κ2) is 6.18. The van der Waals surface area contributed by atoms with Crippen molar-refractivity contribution in [3.05, 3.63) is 5.89 Å². The fourth-order valence-corrected chi connectivity index (χ4v) is 2.64. The molecule has 5 heteroatoms. The molecule has 0 unspecified atom stereocenters. The third kappa shape index (κ3) is 2.83. The van der Waals surface area contributed by atoms with Gasteiger partial charge in [0.1, 0.15) is 0 Å². The molecule has 0 aliphatic carbocycles. The lowest BCUT2D eigenvalue weighted by Gasteiger charge is -2.25. The summed E-state index contributed by atoms with van der Waals surface area (Å²) in [5.41, 5.74) is 0. The van der Waals surface area contributed by atoms with Crippen molar-refractivity contribution in [2.24, 2.45) is 0 Å². The highest BCUT2D eigenvalue weighted by Gasteiger charge is 2.28. The molecule has 0 N–H and O–H groups in total. The van der Waals surface area contributed by atoms with E-state index in [4.69, 9.17) is 4.42 Å². The van der Waals surface area contributed by atoms with E-state index in [0.29, 0.717) is 12.1 Å². The Morgan fingerprint density at radius 1 is 1.28 bits per heavy atom. The molecule has 1 aromatic heterocycles. The lowest BCUT2D eigenvalue weighted by atomic mass is 10.2. The smallest absolute Gasteiger partial charge is 0.318 e. The van der Waals surface area contributed by atoms with E-state index in [2.05, 4.69) is 40.8 Å². The summed E-state index contributed by atoms with van der Waals surface area (Å²) in [6.07, 6.45) is 3.11. The van der Waals surface area contributed by atoms with E-state index in [1.54, 1.807) is 0 Å². The number of nitrogens with zero attached hydrogens (tertiary/aromatic N) is 4. The fraction of sp³-hybridized carbons (Fsp3) is 0.846. The zero-order chi connectivity index (χ0) is 13.0. The molecule has 0 amide bonds. The van der Waals surface area contributed by atoms with Gasteiger partial charge in [-0.15, -0.1) is 5.10 Å². The molecule has 2 heterocycles. The summed E-state index contributed by atoms with van der Waals surface area (Å²) in [4.78, 5) is 4.72. The third-order valence-electron chi connectivity index (χ3n) is 3.68. The van der Waals surface area contributed by atoms with Crippen LogP contribution in [0.1, 0.15) is 39.5 Å². The number of hydrogen-bond acceptors (Lipinski definition) is 5. The lowest BCUT2D eigenvalue weighted by molar-refractivity contribution is 0.232. The maximum atomic E-state index is 5.69. The molecule has 0 spiro atoms. The van der Waals surface area contributed by atoms with Crippen molar-refractivity contribution in [1.82, 2.24) is 15.1 Å². The number of likely N-dealkylation sites (N-methyl/N-ethyl adjacent to an activating group) is 1. The fourth-order valence-electron chi connectivity index (χ4n) is 2.64. The molecule has 5 nitrogen and oxygen atoms in total. The van der Waals surface area contributed by atoms with E-state index >= 15 is 0 Å². The van der Waals surface area contributed by atoms with Crippen molar-refractivity contribution in [3.8, 4) is 0 Å². The molecule has 2 rings (SSSR count). The van der Waals surface area contributed by atoms with Crippen LogP contribution in [-0.4, -0.2) is 47.3 Å².